The number of rotatable bonds is 3. The molecule has 5 heteroatoms. The van der Waals surface area contributed by atoms with Crippen molar-refractivity contribution in [1.82, 2.24) is 9.97 Å². The second-order valence-electron chi connectivity index (χ2n) is 3.59. The molecular weight excluding hydrogens is 327 g/mol. The summed E-state index contributed by atoms with van der Waals surface area (Å²) >= 11 is 2.23. The van der Waals surface area contributed by atoms with Gasteiger partial charge in [-0.1, -0.05) is 18.2 Å². The number of hydrogen-bond acceptors (Lipinski definition) is 4. The Morgan fingerprint density at radius 3 is 2.82 bits per heavy atom. The highest BCUT2D eigenvalue weighted by molar-refractivity contribution is 14.1. The maximum absolute atomic E-state index is 5.74. The zero-order valence-corrected chi connectivity index (χ0v) is 11.6. The van der Waals surface area contributed by atoms with Gasteiger partial charge in [-0.3, -0.25) is 0 Å². The highest BCUT2D eigenvalue weighted by atomic mass is 127. The Balaban J connectivity index is 2.44. The number of hydrogen-bond donors (Lipinski definition) is 1. The van der Waals surface area contributed by atoms with Crippen LogP contribution in [-0.4, -0.2) is 17.0 Å². The maximum atomic E-state index is 5.74. The standard InChI is InChI=1S/C12H13IN4/c1-17(12-10(13)7-15-8-16-12)11-5-3-2-4-9(11)6-14/h2-5,7-8H,6,14H2,1H3. The normalized spacial score (nSPS) is 10.3. The van der Waals surface area contributed by atoms with E-state index in [1.807, 2.05) is 36.2 Å². The van der Waals surface area contributed by atoms with Crippen molar-refractivity contribution in [2.24, 2.45) is 5.73 Å². The van der Waals surface area contributed by atoms with Crippen LogP contribution in [0, 0.1) is 3.57 Å². The van der Waals surface area contributed by atoms with E-state index in [1.54, 1.807) is 12.5 Å². The molecule has 2 aromatic rings. The molecule has 88 valence electrons. The molecule has 2 rings (SSSR count). The largest absolute Gasteiger partial charge is 0.328 e. The first-order valence-electron chi connectivity index (χ1n) is 5.21. The smallest absolute Gasteiger partial charge is 0.149 e. The zero-order chi connectivity index (χ0) is 12.3. The summed E-state index contributed by atoms with van der Waals surface area (Å²) in [4.78, 5) is 10.3. The van der Waals surface area contributed by atoms with E-state index in [-0.39, 0.29) is 0 Å². The van der Waals surface area contributed by atoms with Crippen molar-refractivity contribution in [3.8, 4) is 0 Å². The molecule has 0 atom stereocenters. The Bertz CT molecular complexity index is 515. The van der Waals surface area contributed by atoms with Crippen LogP contribution in [0.3, 0.4) is 0 Å². The Morgan fingerprint density at radius 1 is 1.35 bits per heavy atom. The molecule has 4 nitrogen and oxygen atoms in total. The number of nitrogens with zero attached hydrogens (tertiary/aromatic N) is 3. The summed E-state index contributed by atoms with van der Waals surface area (Å²) < 4.78 is 1.01. The lowest BCUT2D eigenvalue weighted by molar-refractivity contribution is 1.02. The summed E-state index contributed by atoms with van der Waals surface area (Å²) in [5.41, 5.74) is 7.92. The minimum atomic E-state index is 0.516. The number of para-hydroxylation sites is 1. The Labute approximate surface area is 114 Å². The van der Waals surface area contributed by atoms with E-state index < -0.39 is 0 Å². The van der Waals surface area contributed by atoms with Crippen LogP contribution in [-0.2, 0) is 6.54 Å². The summed E-state index contributed by atoms with van der Waals surface area (Å²) in [6.45, 7) is 0.516. The lowest BCUT2D eigenvalue weighted by Crippen LogP contribution is -2.15. The molecule has 0 aliphatic carbocycles. The number of anilines is 2. The Morgan fingerprint density at radius 2 is 2.12 bits per heavy atom. The minimum absolute atomic E-state index is 0.516. The van der Waals surface area contributed by atoms with Gasteiger partial charge in [-0.25, -0.2) is 9.97 Å². The highest BCUT2D eigenvalue weighted by Gasteiger charge is 2.11. The molecule has 0 amide bonds. The highest BCUT2D eigenvalue weighted by Crippen LogP contribution is 2.27. The van der Waals surface area contributed by atoms with E-state index in [4.69, 9.17) is 5.73 Å². The molecule has 0 unspecified atom stereocenters. The maximum Gasteiger partial charge on any atom is 0.149 e. The van der Waals surface area contributed by atoms with Crippen molar-refractivity contribution in [3.63, 3.8) is 0 Å². The molecule has 0 aliphatic heterocycles. The fraction of sp³-hybridized carbons (Fsp3) is 0.167. The van der Waals surface area contributed by atoms with E-state index in [1.165, 1.54) is 0 Å². The molecule has 0 aliphatic rings. The number of nitrogens with two attached hydrogens (primary N) is 1. The second-order valence-corrected chi connectivity index (χ2v) is 4.75. The molecule has 0 spiro atoms. The molecule has 1 heterocycles. The average Bonchev–Trinajstić information content (AvgIpc) is 2.38. The van der Waals surface area contributed by atoms with Gasteiger partial charge in [0, 0.05) is 25.5 Å². The van der Waals surface area contributed by atoms with Crippen LogP contribution in [0.1, 0.15) is 5.56 Å². The summed E-state index contributed by atoms with van der Waals surface area (Å²) in [6.07, 6.45) is 3.35. The van der Waals surface area contributed by atoms with Crippen molar-refractivity contribution in [2.75, 3.05) is 11.9 Å². The van der Waals surface area contributed by atoms with Crippen LogP contribution in [0.2, 0.25) is 0 Å². The fourth-order valence-electron chi connectivity index (χ4n) is 1.68. The molecular formula is C12H13IN4. The quantitative estimate of drug-likeness (QED) is 0.872. The third kappa shape index (κ3) is 2.55. The van der Waals surface area contributed by atoms with E-state index in [2.05, 4.69) is 32.6 Å². The van der Waals surface area contributed by atoms with Crippen LogP contribution in [0.15, 0.2) is 36.8 Å². The summed E-state index contributed by atoms with van der Waals surface area (Å²) in [5.74, 6) is 0.890. The van der Waals surface area contributed by atoms with Crippen molar-refractivity contribution in [1.29, 1.82) is 0 Å². The second kappa shape index (κ2) is 5.42. The van der Waals surface area contributed by atoms with Gasteiger partial charge in [-0.15, -0.1) is 0 Å². The van der Waals surface area contributed by atoms with Gasteiger partial charge >= 0.3 is 0 Å². The lowest BCUT2D eigenvalue weighted by atomic mass is 10.1. The van der Waals surface area contributed by atoms with E-state index >= 15 is 0 Å². The van der Waals surface area contributed by atoms with Crippen molar-refractivity contribution < 1.29 is 0 Å². The first-order chi connectivity index (χ1) is 8.24. The average molecular weight is 340 g/mol. The molecule has 0 saturated carbocycles. The molecule has 17 heavy (non-hydrogen) atoms. The van der Waals surface area contributed by atoms with Crippen LogP contribution >= 0.6 is 22.6 Å². The van der Waals surface area contributed by atoms with Crippen LogP contribution < -0.4 is 10.6 Å². The predicted octanol–water partition coefficient (Wildman–Crippen LogP) is 2.31. The molecule has 0 fully saturated rings. The summed E-state index contributed by atoms with van der Waals surface area (Å²) in [5, 5.41) is 0. The van der Waals surface area contributed by atoms with Gasteiger partial charge in [0.1, 0.15) is 12.1 Å². The SMILES string of the molecule is CN(c1ccccc1CN)c1ncncc1I. The van der Waals surface area contributed by atoms with Gasteiger partial charge in [0.2, 0.25) is 0 Å². The molecule has 0 saturated heterocycles. The molecule has 1 aromatic carbocycles. The third-order valence-corrected chi connectivity index (χ3v) is 3.30. The molecule has 0 bridgehead atoms. The van der Waals surface area contributed by atoms with E-state index in [0.29, 0.717) is 6.54 Å². The van der Waals surface area contributed by atoms with Gasteiger partial charge < -0.3 is 10.6 Å². The summed E-state index contributed by atoms with van der Waals surface area (Å²) in [7, 11) is 1.99. The number of benzene rings is 1. The first-order valence-corrected chi connectivity index (χ1v) is 6.29. The van der Waals surface area contributed by atoms with Gasteiger partial charge in [0.05, 0.1) is 3.57 Å². The van der Waals surface area contributed by atoms with Crippen molar-refractivity contribution >= 4 is 34.1 Å². The lowest BCUT2D eigenvalue weighted by Gasteiger charge is -2.21. The summed E-state index contributed by atoms with van der Waals surface area (Å²) in [6, 6.07) is 8.06. The number of halogens is 1. The van der Waals surface area contributed by atoms with Gasteiger partial charge in [0.25, 0.3) is 0 Å². The topological polar surface area (TPSA) is 55.0 Å². The Hall–Kier alpha value is -1.21. The van der Waals surface area contributed by atoms with Crippen LogP contribution in [0.4, 0.5) is 11.5 Å². The van der Waals surface area contributed by atoms with E-state index in [0.717, 1.165) is 20.6 Å². The monoisotopic (exact) mass is 340 g/mol. The van der Waals surface area contributed by atoms with Gasteiger partial charge in [0.15, 0.2) is 0 Å². The van der Waals surface area contributed by atoms with Crippen LogP contribution in [0.5, 0.6) is 0 Å². The number of aromatic nitrogens is 2. The minimum Gasteiger partial charge on any atom is -0.328 e. The molecule has 0 radical (unpaired) electrons. The molecule has 1 aromatic heterocycles. The van der Waals surface area contributed by atoms with Gasteiger partial charge in [-0.2, -0.15) is 0 Å². The Kier molecular flexibility index (Phi) is 3.90. The van der Waals surface area contributed by atoms with Gasteiger partial charge in [-0.05, 0) is 34.2 Å². The molecule has 2 N–H and O–H groups in total. The van der Waals surface area contributed by atoms with Crippen molar-refractivity contribution in [3.05, 3.63) is 45.9 Å². The predicted molar refractivity (Wildman–Crippen MR) is 77.1 cm³/mol. The van der Waals surface area contributed by atoms with Crippen LogP contribution in [0.25, 0.3) is 0 Å². The first kappa shape index (κ1) is 12.3. The fourth-order valence-corrected chi connectivity index (χ4v) is 2.34. The zero-order valence-electron chi connectivity index (χ0n) is 9.47. The van der Waals surface area contributed by atoms with E-state index in [9.17, 15) is 0 Å². The van der Waals surface area contributed by atoms with Crippen molar-refractivity contribution in [2.45, 2.75) is 6.54 Å². The third-order valence-electron chi connectivity index (χ3n) is 2.54.